The molecule has 1 amide bonds. The van der Waals surface area contributed by atoms with Crippen molar-refractivity contribution in [2.75, 3.05) is 32.0 Å². The second-order valence-electron chi connectivity index (χ2n) is 11.6. The molecule has 2 aliphatic rings. The molecule has 0 spiro atoms. The Morgan fingerprint density at radius 2 is 1.81 bits per heavy atom. The number of likely N-dealkylation sites (tertiary alicyclic amines) is 1. The highest BCUT2D eigenvalue weighted by atomic mass is 19.3. The predicted octanol–water partition coefficient (Wildman–Crippen LogP) is 5.36. The van der Waals surface area contributed by atoms with Gasteiger partial charge in [0.15, 0.2) is 17.4 Å². The minimum absolute atomic E-state index is 0.0298. The monoisotopic (exact) mass is 664 g/mol. The first-order valence-corrected chi connectivity index (χ1v) is 15.3. The SMILES string of the molecule is Cc1cc(Oc2c(F)cccc2F)ncc1-n1ncc(C(=O)C2=Cc3cc(OCC(F)F)c(C4CCN(C(=O)CN)CC4)cc3C2)c1N. The molecule has 0 unspecified atom stereocenters. The highest BCUT2D eigenvalue weighted by Crippen LogP contribution is 2.40. The van der Waals surface area contributed by atoms with Crippen molar-refractivity contribution in [1.29, 1.82) is 0 Å². The highest BCUT2D eigenvalue weighted by Gasteiger charge is 2.30. The highest BCUT2D eigenvalue weighted by molar-refractivity contribution is 6.15. The van der Waals surface area contributed by atoms with Crippen LogP contribution in [0.5, 0.6) is 17.4 Å². The third kappa shape index (κ3) is 6.47. The summed E-state index contributed by atoms with van der Waals surface area (Å²) < 4.78 is 66.6. The number of carbonyl (C=O) groups is 2. The lowest BCUT2D eigenvalue weighted by atomic mass is 9.87. The van der Waals surface area contributed by atoms with Crippen LogP contribution in [0.25, 0.3) is 11.8 Å². The Bertz CT molecular complexity index is 1900. The first-order chi connectivity index (χ1) is 23.0. The summed E-state index contributed by atoms with van der Waals surface area (Å²) in [5.74, 6) is -2.55. The van der Waals surface area contributed by atoms with Gasteiger partial charge in [-0.1, -0.05) is 12.1 Å². The Labute approximate surface area is 272 Å². The third-order valence-electron chi connectivity index (χ3n) is 8.56. The number of halogens is 4. The van der Waals surface area contributed by atoms with Gasteiger partial charge in [-0.3, -0.25) is 9.59 Å². The number of fused-ring (bicyclic) bond motifs is 1. The van der Waals surface area contributed by atoms with Gasteiger partial charge in [-0.25, -0.2) is 27.2 Å². The number of allylic oxidation sites excluding steroid dienone is 1. The molecule has 48 heavy (non-hydrogen) atoms. The summed E-state index contributed by atoms with van der Waals surface area (Å²) in [4.78, 5) is 31.6. The summed E-state index contributed by atoms with van der Waals surface area (Å²) in [7, 11) is 0. The number of benzene rings is 2. The van der Waals surface area contributed by atoms with Gasteiger partial charge < -0.3 is 25.8 Å². The molecule has 14 heteroatoms. The zero-order chi connectivity index (χ0) is 34.1. The van der Waals surface area contributed by atoms with Gasteiger partial charge in [0.05, 0.1) is 30.2 Å². The molecule has 0 saturated carbocycles. The average Bonchev–Trinajstić information content (AvgIpc) is 3.67. The molecular formula is C34H32F4N6O4. The van der Waals surface area contributed by atoms with Gasteiger partial charge in [0.25, 0.3) is 6.43 Å². The van der Waals surface area contributed by atoms with Crippen LogP contribution < -0.4 is 20.9 Å². The largest absolute Gasteiger partial charge is 0.487 e. The predicted molar refractivity (Wildman–Crippen MR) is 169 cm³/mol. The zero-order valence-electron chi connectivity index (χ0n) is 25.9. The third-order valence-corrected chi connectivity index (χ3v) is 8.56. The Hall–Kier alpha value is -5.24. The Morgan fingerprint density at radius 3 is 2.48 bits per heavy atom. The number of nitrogens with zero attached hydrogens (tertiary/aromatic N) is 4. The van der Waals surface area contributed by atoms with Crippen LogP contribution >= 0.6 is 0 Å². The fourth-order valence-electron chi connectivity index (χ4n) is 6.09. The summed E-state index contributed by atoms with van der Waals surface area (Å²) in [6.07, 6.45) is 3.25. The minimum Gasteiger partial charge on any atom is -0.487 e. The summed E-state index contributed by atoms with van der Waals surface area (Å²) in [6, 6.07) is 8.40. The van der Waals surface area contributed by atoms with Crippen LogP contribution in [-0.4, -0.2) is 64.0 Å². The van der Waals surface area contributed by atoms with Crippen molar-refractivity contribution < 1.29 is 36.6 Å². The number of alkyl halides is 2. The maximum absolute atomic E-state index is 14.1. The van der Waals surface area contributed by atoms with Crippen LogP contribution in [0.1, 0.15) is 51.4 Å². The number of carbonyl (C=O) groups excluding carboxylic acids is 2. The number of aromatic nitrogens is 3. The number of Topliss-reactive ketones (excluding diaryl/α,β-unsaturated/α-hetero) is 1. The van der Waals surface area contributed by atoms with E-state index in [0.29, 0.717) is 54.1 Å². The lowest BCUT2D eigenvalue weighted by molar-refractivity contribution is -0.130. The topological polar surface area (TPSA) is 139 Å². The summed E-state index contributed by atoms with van der Waals surface area (Å²) in [6.45, 7) is 1.84. The van der Waals surface area contributed by atoms with E-state index in [1.54, 1.807) is 24.0 Å². The summed E-state index contributed by atoms with van der Waals surface area (Å²) >= 11 is 0. The molecule has 2 aromatic carbocycles. The molecule has 3 heterocycles. The van der Waals surface area contributed by atoms with E-state index in [4.69, 9.17) is 20.9 Å². The number of amides is 1. The lowest BCUT2D eigenvalue weighted by Gasteiger charge is -2.33. The number of rotatable bonds is 10. The zero-order valence-corrected chi connectivity index (χ0v) is 25.9. The maximum atomic E-state index is 14.1. The van der Waals surface area contributed by atoms with E-state index in [-0.39, 0.29) is 47.8 Å². The molecule has 1 aliphatic heterocycles. The number of piperidine rings is 1. The van der Waals surface area contributed by atoms with Gasteiger partial charge in [0.2, 0.25) is 17.5 Å². The van der Waals surface area contributed by atoms with E-state index in [1.807, 2.05) is 6.07 Å². The van der Waals surface area contributed by atoms with E-state index >= 15 is 0 Å². The van der Waals surface area contributed by atoms with Crippen LogP contribution in [0.15, 0.2) is 54.4 Å². The quantitative estimate of drug-likeness (QED) is 0.171. The van der Waals surface area contributed by atoms with Crippen LogP contribution in [0.3, 0.4) is 0 Å². The molecule has 4 N–H and O–H groups in total. The lowest BCUT2D eigenvalue weighted by Crippen LogP contribution is -2.41. The van der Waals surface area contributed by atoms with Crippen LogP contribution in [0.4, 0.5) is 23.4 Å². The molecule has 10 nitrogen and oxygen atoms in total. The fourth-order valence-corrected chi connectivity index (χ4v) is 6.09. The summed E-state index contributed by atoms with van der Waals surface area (Å²) in [5.41, 5.74) is 15.7. The molecule has 1 saturated heterocycles. The van der Waals surface area contributed by atoms with Gasteiger partial charge >= 0.3 is 0 Å². The van der Waals surface area contributed by atoms with E-state index in [0.717, 1.165) is 23.3 Å². The average molecular weight is 665 g/mol. The smallest absolute Gasteiger partial charge is 0.272 e. The molecule has 0 radical (unpaired) electrons. The van der Waals surface area contributed by atoms with E-state index < -0.39 is 30.4 Å². The van der Waals surface area contributed by atoms with Gasteiger partial charge in [-0.15, -0.1) is 0 Å². The van der Waals surface area contributed by atoms with Gasteiger partial charge in [-0.05, 0) is 72.2 Å². The molecule has 250 valence electrons. The second kappa shape index (κ2) is 13.5. The Morgan fingerprint density at radius 1 is 1.08 bits per heavy atom. The molecule has 0 bridgehead atoms. The number of pyridine rings is 1. The van der Waals surface area contributed by atoms with E-state index in [9.17, 15) is 27.2 Å². The Kier molecular flexibility index (Phi) is 9.18. The number of hydrogen-bond donors (Lipinski definition) is 2. The van der Waals surface area contributed by atoms with Gasteiger partial charge in [-0.2, -0.15) is 5.10 Å². The number of nitrogens with two attached hydrogens (primary N) is 2. The number of para-hydroxylation sites is 1. The van der Waals surface area contributed by atoms with Crippen molar-refractivity contribution in [2.24, 2.45) is 5.73 Å². The number of ether oxygens (including phenoxy) is 2. The molecule has 1 fully saturated rings. The first-order valence-electron chi connectivity index (χ1n) is 15.3. The van der Waals surface area contributed by atoms with Crippen LogP contribution in [-0.2, 0) is 11.2 Å². The molecular weight excluding hydrogens is 632 g/mol. The number of aryl methyl sites for hydroxylation is 1. The van der Waals surface area contributed by atoms with Crippen molar-refractivity contribution in [2.45, 2.75) is 38.5 Å². The molecule has 0 atom stereocenters. The fraction of sp³-hybridized carbons (Fsp3) is 0.294. The van der Waals surface area contributed by atoms with Crippen LogP contribution in [0, 0.1) is 18.6 Å². The van der Waals surface area contributed by atoms with Crippen molar-refractivity contribution >= 4 is 23.6 Å². The van der Waals surface area contributed by atoms with Gasteiger partial charge in [0, 0.05) is 31.1 Å². The van der Waals surface area contributed by atoms with Crippen molar-refractivity contribution in [1.82, 2.24) is 19.7 Å². The molecule has 6 rings (SSSR count). The number of nitrogen functional groups attached to an aromatic ring is 1. The molecule has 4 aromatic rings. The van der Waals surface area contributed by atoms with Gasteiger partial charge in [0.1, 0.15) is 18.2 Å². The number of anilines is 1. The second-order valence-corrected chi connectivity index (χ2v) is 11.6. The normalized spacial score (nSPS) is 14.6. The van der Waals surface area contributed by atoms with E-state index in [1.165, 1.54) is 29.2 Å². The number of hydrogen-bond acceptors (Lipinski definition) is 8. The molecule has 2 aromatic heterocycles. The number of ketones is 1. The maximum Gasteiger partial charge on any atom is 0.272 e. The standard InChI is InChI=1S/C34H32F4N6O4/c1-18-9-30(48-33-25(35)3-2-4-26(33)36)41-16-27(18)44-34(40)24(15-42-44)32(46)22-10-20-12-23(19-5-7-43(8-6-19)31(45)14-39)28(13-21(20)11-22)47-17-29(37)38/h2-4,9,11-13,15-16,19,29H,5-8,10,14,17,39-40H2,1H3. The summed E-state index contributed by atoms with van der Waals surface area (Å²) in [5, 5.41) is 4.30. The van der Waals surface area contributed by atoms with E-state index in [2.05, 4.69) is 10.1 Å². The van der Waals surface area contributed by atoms with Crippen LogP contribution in [0.2, 0.25) is 0 Å². The first kappa shape index (κ1) is 32.7. The minimum atomic E-state index is -2.67. The molecule has 1 aliphatic carbocycles. The Balaban J connectivity index is 1.22. The van der Waals surface area contributed by atoms with Crippen molar-refractivity contribution in [3.63, 3.8) is 0 Å². The van der Waals surface area contributed by atoms with Crippen molar-refractivity contribution in [3.05, 3.63) is 93.8 Å². The van der Waals surface area contributed by atoms with Crippen molar-refractivity contribution in [3.8, 4) is 23.1 Å².